The highest BCUT2D eigenvalue weighted by Gasteiger charge is 2.18. The lowest BCUT2D eigenvalue weighted by Gasteiger charge is -2.15. The Morgan fingerprint density at radius 1 is 1.67 bits per heavy atom. The van der Waals surface area contributed by atoms with Crippen LogP contribution in [0.5, 0.6) is 0 Å². The van der Waals surface area contributed by atoms with E-state index in [-0.39, 0.29) is 11.9 Å². The molecule has 0 saturated carbocycles. The first-order valence-corrected chi connectivity index (χ1v) is 6.79. The zero-order valence-electron chi connectivity index (χ0n) is 10.9. The van der Waals surface area contributed by atoms with E-state index in [9.17, 15) is 4.79 Å². The van der Waals surface area contributed by atoms with Gasteiger partial charge < -0.3 is 15.1 Å². The monoisotopic (exact) mass is 250 g/mol. The first-order valence-electron chi connectivity index (χ1n) is 6.79. The van der Waals surface area contributed by atoms with Gasteiger partial charge in [-0.2, -0.15) is 0 Å². The Labute approximate surface area is 108 Å². The van der Waals surface area contributed by atoms with E-state index in [4.69, 9.17) is 4.42 Å². The van der Waals surface area contributed by atoms with Crippen molar-refractivity contribution in [2.75, 3.05) is 6.54 Å². The fraction of sp³-hybridized carbons (Fsp3) is 0.643. The van der Waals surface area contributed by atoms with E-state index in [1.54, 1.807) is 6.26 Å². The maximum atomic E-state index is 11.8. The van der Waals surface area contributed by atoms with Crippen molar-refractivity contribution in [1.82, 2.24) is 10.6 Å². The van der Waals surface area contributed by atoms with E-state index >= 15 is 0 Å². The SMILES string of the molecule is CC(CCc1ccco1)NC(=O)CC1CCCN1. The van der Waals surface area contributed by atoms with Gasteiger partial charge in [0.25, 0.3) is 0 Å². The minimum atomic E-state index is 0.154. The van der Waals surface area contributed by atoms with Gasteiger partial charge in [-0.1, -0.05) is 0 Å². The Bertz CT molecular complexity index is 356. The third-order valence-electron chi connectivity index (χ3n) is 3.41. The molecule has 1 saturated heterocycles. The number of hydrogen-bond donors (Lipinski definition) is 2. The van der Waals surface area contributed by atoms with Crippen LogP contribution in [0, 0.1) is 0 Å². The molecule has 2 heterocycles. The van der Waals surface area contributed by atoms with Gasteiger partial charge in [0, 0.05) is 24.9 Å². The Balaban J connectivity index is 1.63. The fourth-order valence-electron chi connectivity index (χ4n) is 2.37. The van der Waals surface area contributed by atoms with Crippen molar-refractivity contribution < 1.29 is 9.21 Å². The van der Waals surface area contributed by atoms with Crippen molar-refractivity contribution in [3.8, 4) is 0 Å². The van der Waals surface area contributed by atoms with E-state index in [1.165, 1.54) is 6.42 Å². The van der Waals surface area contributed by atoms with Crippen LogP contribution in [-0.4, -0.2) is 24.5 Å². The summed E-state index contributed by atoms with van der Waals surface area (Å²) >= 11 is 0. The summed E-state index contributed by atoms with van der Waals surface area (Å²) in [6, 6.07) is 4.44. The number of furan rings is 1. The normalized spacial score (nSPS) is 20.8. The summed E-state index contributed by atoms with van der Waals surface area (Å²) in [6.45, 7) is 3.09. The summed E-state index contributed by atoms with van der Waals surface area (Å²) in [7, 11) is 0. The highest BCUT2D eigenvalue weighted by Crippen LogP contribution is 2.09. The van der Waals surface area contributed by atoms with E-state index in [0.29, 0.717) is 12.5 Å². The van der Waals surface area contributed by atoms with Gasteiger partial charge in [0.05, 0.1) is 6.26 Å². The molecule has 1 aliphatic heterocycles. The third-order valence-corrected chi connectivity index (χ3v) is 3.41. The van der Waals surface area contributed by atoms with Gasteiger partial charge in [-0.15, -0.1) is 0 Å². The van der Waals surface area contributed by atoms with Gasteiger partial charge in [-0.05, 0) is 44.9 Å². The second kappa shape index (κ2) is 6.59. The number of carbonyl (C=O) groups is 1. The highest BCUT2D eigenvalue weighted by molar-refractivity contribution is 5.76. The van der Waals surface area contributed by atoms with Crippen molar-refractivity contribution >= 4 is 5.91 Å². The number of aryl methyl sites for hydroxylation is 1. The van der Waals surface area contributed by atoms with Crippen LogP contribution < -0.4 is 10.6 Å². The number of amides is 1. The van der Waals surface area contributed by atoms with Gasteiger partial charge in [0.1, 0.15) is 5.76 Å². The molecule has 1 aromatic rings. The summed E-state index contributed by atoms with van der Waals surface area (Å²) in [4.78, 5) is 11.8. The van der Waals surface area contributed by atoms with E-state index in [1.807, 2.05) is 19.1 Å². The number of hydrogen-bond acceptors (Lipinski definition) is 3. The van der Waals surface area contributed by atoms with Gasteiger partial charge in [-0.3, -0.25) is 4.79 Å². The molecule has 0 radical (unpaired) electrons. The second-order valence-corrected chi connectivity index (χ2v) is 5.08. The van der Waals surface area contributed by atoms with Crippen molar-refractivity contribution in [2.24, 2.45) is 0 Å². The van der Waals surface area contributed by atoms with Crippen LogP contribution in [0.2, 0.25) is 0 Å². The zero-order valence-corrected chi connectivity index (χ0v) is 10.9. The van der Waals surface area contributed by atoms with Crippen LogP contribution in [0.15, 0.2) is 22.8 Å². The first-order chi connectivity index (χ1) is 8.74. The summed E-state index contributed by atoms with van der Waals surface area (Å²) in [5.41, 5.74) is 0. The van der Waals surface area contributed by atoms with Crippen molar-refractivity contribution in [3.05, 3.63) is 24.2 Å². The molecule has 2 rings (SSSR count). The van der Waals surface area contributed by atoms with Crippen molar-refractivity contribution in [1.29, 1.82) is 0 Å². The maximum Gasteiger partial charge on any atom is 0.221 e. The molecule has 100 valence electrons. The first kappa shape index (κ1) is 13.1. The van der Waals surface area contributed by atoms with E-state index in [2.05, 4.69) is 10.6 Å². The summed E-state index contributed by atoms with van der Waals surface area (Å²) in [5.74, 6) is 1.13. The lowest BCUT2D eigenvalue weighted by Crippen LogP contribution is -2.37. The zero-order chi connectivity index (χ0) is 12.8. The molecule has 1 aliphatic rings. The minimum Gasteiger partial charge on any atom is -0.469 e. The highest BCUT2D eigenvalue weighted by atomic mass is 16.3. The average Bonchev–Trinajstić information content (AvgIpc) is 2.98. The van der Waals surface area contributed by atoms with Gasteiger partial charge in [-0.25, -0.2) is 0 Å². The van der Waals surface area contributed by atoms with E-state index in [0.717, 1.165) is 31.6 Å². The molecular formula is C14H22N2O2. The topological polar surface area (TPSA) is 54.3 Å². The van der Waals surface area contributed by atoms with E-state index < -0.39 is 0 Å². The van der Waals surface area contributed by atoms with Crippen LogP contribution >= 0.6 is 0 Å². The summed E-state index contributed by atoms with van der Waals surface area (Å²) in [5, 5.41) is 6.39. The average molecular weight is 250 g/mol. The molecule has 1 fully saturated rings. The molecule has 1 amide bonds. The molecule has 4 heteroatoms. The molecule has 2 unspecified atom stereocenters. The quantitative estimate of drug-likeness (QED) is 0.810. The number of carbonyl (C=O) groups excluding carboxylic acids is 1. The lowest BCUT2D eigenvalue weighted by molar-refractivity contribution is -0.122. The van der Waals surface area contributed by atoms with Crippen LogP contribution in [0.1, 0.15) is 38.4 Å². The molecule has 1 aromatic heterocycles. The summed E-state index contributed by atoms with van der Waals surface area (Å²) in [6.07, 6.45) is 6.38. The Morgan fingerprint density at radius 2 is 2.56 bits per heavy atom. The van der Waals surface area contributed by atoms with Gasteiger partial charge >= 0.3 is 0 Å². The molecule has 4 nitrogen and oxygen atoms in total. The Hall–Kier alpha value is -1.29. The Morgan fingerprint density at radius 3 is 3.22 bits per heavy atom. The largest absolute Gasteiger partial charge is 0.469 e. The predicted octanol–water partition coefficient (Wildman–Crippen LogP) is 1.86. The molecule has 0 aromatic carbocycles. The summed E-state index contributed by atoms with van der Waals surface area (Å²) < 4.78 is 5.27. The molecule has 18 heavy (non-hydrogen) atoms. The minimum absolute atomic E-state index is 0.154. The van der Waals surface area contributed by atoms with Gasteiger partial charge in [0.2, 0.25) is 5.91 Å². The second-order valence-electron chi connectivity index (χ2n) is 5.08. The number of rotatable bonds is 6. The Kier molecular flexibility index (Phi) is 4.81. The fourth-order valence-corrected chi connectivity index (χ4v) is 2.37. The molecule has 0 spiro atoms. The molecular weight excluding hydrogens is 228 g/mol. The molecule has 2 atom stereocenters. The van der Waals surface area contributed by atoms with Crippen molar-refractivity contribution in [2.45, 2.75) is 51.1 Å². The van der Waals surface area contributed by atoms with Crippen LogP contribution in [-0.2, 0) is 11.2 Å². The van der Waals surface area contributed by atoms with Gasteiger partial charge in [0.15, 0.2) is 0 Å². The van der Waals surface area contributed by atoms with Crippen molar-refractivity contribution in [3.63, 3.8) is 0 Å². The lowest BCUT2D eigenvalue weighted by atomic mass is 10.1. The number of nitrogens with one attached hydrogen (secondary N) is 2. The predicted molar refractivity (Wildman–Crippen MR) is 70.3 cm³/mol. The van der Waals surface area contributed by atoms with Crippen LogP contribution in [0.25, 0.3) is 0 Å². The molecule has 0 aliphatic carbocycles. The molecule has 2 N–H and O–H groups in total. The smallest absolute Gasteiger partial charge is 0.221 e. The standard InChI is InChI=1S/C14H22N2O2/c1-11(6-7-13-5-3-9-18-13)16-14(17)10-12-4-2-8-15-12/h3,5,9,11-12,15H,2,4,6-8,10H2,1H3,(H,16,17). The maximum absolute atomic E-state index is 11.8. The van der Waals surface area contributed by atoms with Crippen LogP contribution in [0.3, 0.4) is 0 Å². The van der Waals surface area contributed by atoms with Crippen LogP contribution in [0.4, 0.5) is 0 Å². The third kappa shape index (κ3) is 4.18. The molecule has 0 bridgehead atoms.